The van der Waals surface area contributed by atoms with Crippen LogP contribution in [-0.2, 0) is 16.2 Å². The molecule has 1 aliphatic heterocycles. The molecule has 6 heteroatoms. The molecule has 4 nitrogen and oxygen atoms in total. The third-order valence-corrected chi connectivity index (χ3v) is 6.93. The van der Waals surface area contributed by atoms with Gasteiger partial charge in [0.05, 0.1) is 11.7 Å². The zero-order valence-electron chi connectivity index (χ0n) is 15.8. The first-order chi connectivity index (χ1) is 12.4. The van der Waals surface area contributed by atoms with Crippen LogP contribution in [0.4, 0.5) is 0 Å². The molecule has 0 N–H and O–H groups in total. The average molecular weight is 435 g/mol. The molecule has 140 valence electrons. The van der Waals surface area contributed by atoms with E-state index in [2.05, 4.69) is 64.6 Å². The lowest BCUT2D eigenvalue weighted by molar-refractivity contribution is 0.0807. The first-order valence-corrected chi connectivity index (χ1v) is 13.7. The number of halogens is 1. The van der Waals surface area contributed by atoms with Crippen LogP contribution < -0.4 is 0 Å². The van der Waals surface area contributed by atoms with E-state index in [-0.39, 0.29) is 0 Å². The molecule has 0 atom stereocenters. The maximum absolute atomic E-state index is 5.86. The monoisotopic (exact) mass is 434 g/mol. The molecule has 3 rings (SSSR count). The highest BCUT2D eigenvalue weighted by Crippen LogP contribution is 2.24. The lowest BCUT2D eigenvalue weighted by Gasteiger charge is -2.16. The summed E-state index contributed by atoms with van der Waals surface area (Å²) >= 11 is 3.65. The predicted molar refractivity (Wildman–Crippen MR) is 112 cm³/mol. The zero-order chi connectivity index (χ0) is 18.6. The second-order valence-corrected chi connectivity index (χ2v) is 14.5. The number of fused-ring (bicyclic) bond motifs is 1. The summed E-state index contributed by atoms with van der Waals surface area (Å²) in [4.78, 5) is 0. The van der Waals surface area contributed by atoms with Crippen molar-refractivity contribution < 1.29 is 9.47 Å². The molecule has 0 bridgehead atoms. The van der Waals surface area contributed by atoms with E-state index in [1.54, 1.807) is 0 Å². The fourth-order valence-electron chi connectivity index (χ4n) is 2.85. The van der Waals surface area contributed by atoms with E-state index in [0.29, 0.717) is 12.6 Å². The number of rotatable bonds is 5. The molecule has 2 heterocycles. The Morgan fingerprint density at radius 2 is 2.08 bits per heavy atom. The molecular weight excluding hydrogens is 408 g/mol. The summed E-state index contributed by atoms with van der Waals surface area (Å²) in [7, 11) is -1.06. The normalized spacial score (nSPS) is 15.8. The molecule has 0 unspecified atom stereocenters. The third-order valence-electron chi connectivity index (χ3n) is 4.57. The maximum atomic E-state index is 5.86. The van der Waals surface area contributed by atoms with Crippen molar-refractivity contribution in [3.05, 3.63) is 28.4 Å². The van der Waals surface area contributed by atoms with Crippen molar-refractivity contribution in [3.63, 3.8) is 0 Å². The summed E-state index contributed by atoms with van der Waals surface area (Å²) in [5, 5.41) is 5.58. The van der Waals surface area contributed by atoms with E-state index in [1.165, 1.54) is 6.04 Å². The van der Waals surface area contributed by atoms with Crippen LogP contribution in [0.5, 0.6) is 0 Å². The minimum absolute atomic E-state index is 0.432. The fraction of sp³-hybridized carbons (Fsp3) is 0.550. The molecular formula is C20H27BrN2O2Si. The number of ether oxygens (including phenoxy) is 2. The number of hydrogen-bond acceptors (Lipinski definition) is 3. The molecule has 1 aromatic heterocycles. The van der Waals surface area contributed by atoms with Crippen LogP contribution in [0.2, 0.25) is 25.7 Å². The molecule has 1 aliphatic rings. The number of hydrogen-bond donors (Lipinski definition) is 0. The highest BCUT2D eigenvalue weighted by atomic mass is 79.9. The largest absolute Gasteiger partial charge is 0.381 e. The smallest absolute Gasteiger partial charge is 0.139 e. The summed E-state index contributed by atoms with van der Waals surface area (Å²) in [6.45, 7) is 10.0. The van der Waals surface area contributed by atoms with Crippen molar-refractivity contribution in [2.45, 2.75) is 45.3 Å². The Bertz CT molecular complexity index is 811. The van der Waals surface area contributed by atoms with Crippen LogP contribution in [0.3, 0.4) is 0 Å². The van der Waals surface area contributed by atoms with Gasteiger partial charge in [0.15, 0.2) is 0 Å². The van der Waals surface area contributed by atoms with Gasteiger partial charge in [0.1, 0.15) is 6.73 Å². The molecule has 0 aliphatic carbocycles. The van der Waals surface area contributed by atoms with Gasteiger partial charge in [-0.25, -0.2) is 4.68 Å². The van der Waals surface area contributed by atoms with Gasteiger partial charge in [0, 0.05) is 49.2 Å². The summed E-state index contributed by atoms with van der Waals surface area (Å²) in [6, 6.07) is 5.37. The highest BCUT2D eigenvalue weighted by molar-refractivity contribution is 9.10. The molecule has 1 fully saturated rings. The van der Waals surface area contributed by atoms with Gasteiger partial charge in [0.2, 0.25) is 0 Å². The van der Waals surface area contributed by atoms with E-state index in [4.69, 9.17) is 9.47 Å². The van der Waals surface area contributed by atoms with Crippen LogP contribution in [0.1, 0.15) is 18.4 Å². The van der Waals surface area contributed by atoms with Gasteiger partial charge in [-0.3, -0.25) is 0 Å². The van der Waals surface area contributed by atoms with E-state index in [1.807, 2.05) is 10.9 Å². The Kier molecular flexibility index (Phi) is 6.57. The summed E-state index contributed by atoms with van der Waals surface area (Å²) < 4.78 is 14.2. The van der Waals surface area contributed by atoms with E-state index >= 15 is 0 Å². The first kappa shape index (κ1) is 19.6. The van der Waals surface area contributed by atoms with E-state index in [0.717, 1.165) is 53.6 Å². The Morgan fingerprint density at radius 1 is 1.31 bits per heavy atom. The quantitative estimate of drug-likeness (QED) is 0.381. The number of benzene rings is 1. The Labute approximate surface area is 165 Å². The minimum atomic E-state index is -1.06. The minimum Gasteiger partial charge on any atom is -0.381 e. The van der Waals surface area contributed by atoms with Crippen LogP contribution in [-0.4, -0.2) is 37.7 Å². The molecule has 0 saturated carbocycles. The van der Waals surface area contributed by atoms with Gasteiger partial charge in [-0.1, -0.05) is 31.5 Å². The molecule has 1 saturated heterocycles. The van der Waals surface area contributed by atoms with Crippen molar-refractivity contribution in [3.8, 4) is 11.8 Å². The molecule has 0 radical (unpaired) electrons. The number of nitrogens with zero attached hydrogens (tertiary/aromatic N) is 2. The van der Waals surface area contributed by atoms with Crippen LogP contribution in [0, 0.1) is 17.8 Å². The first-order valence-electron chi connectivity index (χ1n) is 9.24. The van der Waals surface area contributed by atoms with E-state index in [9.17, 15) is 0 Å². The van der Waals surface area contributed by atoms with Crippen molar-refractivity contribution in [2.24, 2.45) is 5.92 Å². The van der Waals surface area contributed by atoms with Gasteiger partial charge in [-0.2, -0.15) is 5.10 Å². The Hall–Kier alpha value is -1.13. The van der Waals surface area contributed by atoms with Crippen LogP contribution in [0.15, 0.2) is 22.8 Å². The van der Waals surface area contributed by atoms with Crippen LogP contribution >= 0.6 is 15.9 Å². The highest BCUT2D eigenvalue weighted by Gasteiger charge is 2.13. The van der Waals surface area contributed by atoms with Crippen LogP contribution in [0.25, 0.3) is 10.9 Å². The lowest BCUT2D eigenvalue weighted by Crippen LogP contribution is -2.22. The Balaban J connectivity index is 1.72. The molecule has 0 spiro atoms. The third kappa shape index (κ3) is 5.43. The molecule has 26 heavy (non-hydrogen) atoms. The van der Waals surface area contributed by atoms with Gasteiger partial charge in [-0.15, -0.1) is 0 Å². The lowest BCUT2D eigenvalue weighted by atomic mass is 10.0. The second-order valence-electron chi connectivity index (χ2n) is 8.04. The fourth-order valence-corrected chi connectivity index (χ4v) is 4.06. The maximum Gasteiger partial charge on any atom is 0.139 e. The van der Waals surface area contributed by atoms with Gasteiger partial charge >= 0.3 is 0 Å². The summed E-state index contributed by atoms with van der Waals surface area (Å²) in [5.41, 5.74) is 2.07. The zero-order valence-corrected chi connectivity index (χ0v) is 18.4. The van der Waals surface area contributed by atoms with Gasteiger partial charge in [0.25, 0.3) is 0 Å². The standard InChI is InChI=1S/C20H27BrN2O2Si/c1-26(2,3)11-10-25-15-23-20-13-17(19(21)12-18(20)14-22-23)5-4-16-6-8-24-9-7-16/h12-14,16H,6-11,15H2,1-3H3. The molecule has 1 aromatic carbocycles. The molecule has 0 amide bonds. The summed E-state index contributed by atoms with van der Waals surface area (Å²) in [5.74, 6) is 7.19. The Morgan fingerprint density at radius 3 is 2.81 bits per heavy atom. The SMILES string of the molecule is C[Si](C)(C)CCOCn1ncc2cc(Br)c(C#CC3CCOCC3)cc21. The van der Waals surface area contributed by atoms with Crippen molar-refractivity contribution in [1.29, 1.82) is 0 Å². The van der Waals surface area contributed by atoms with Gasteiger partial charge in [-0.05, 0) is 46.9 Å². The van der Waals surface area contributed by atoms with Crippen molar-refractivity contribution in [2.75, 3.05) is 19.8 Å². The second kappa shape index (κ2) is 8.70. The van der Waals surface area contributed by atoms with Gasteiger partial charge < -0.3 is 9.47 Å². The van der Waals surface area contributed by atoms with Crippen molar-refractivity contribution in [1.82, 2.24) is 9.78 Å². The number of aromatic nitrogens is 2. The summed E-state index contributed by atoms with van der Waals surface area (Å²) in [6.07, 6.45) is 3.93. The topological polar surface area (TPSA) is 36.3 Å². The average Bonchev–Trinajstić information content (AvgIpc) is 2.98. The van der Waals surface area contributed by atoms with Crippen molar-refractivity contribution >= 4 is 34.9 Å². The van der Waals surface area contributed by atoms with E-state index < -0.39 is 8.07 Å². The predicted octanol–water partition coefficient (Wildman–Crippen LogP) is 4.89. The molecule has 2 aromatic rings.